The molecule has 0 saturated carbocycles. The van der Waals surface area contributed by atoms with Gasteiger partial charge < -0.3 is 9.84 Å². The molecule has 0 amide bonds. The van der Waals surface area contributed by atoms with Gasteiger partial charge in [0, 0.05) is 6.08 Å². The van der Waals surface area contributed by atoms with Gasteiger partial charge in [0.25, 0.3) is 0 Å². The monoisotopic (exact) mass is 114 g/mol. The van der Waals surface area contributed by atoms with Crippen molar-refractivity contribution in [3.8, 4) is 0 Å². The molecule has 0 saturated heterocycles. The standard InChI is InChI=1S/C5H6O3/c1-2-5(7)8-4-3-6/h2-4,6H,1H2. The number of esters is 1. The lowest BCUT2D eigenvalue weighted by atomic mass is 10.7. The molecule has 0 fully saturated rings. The third-order valence-electron chi connectivity index (χ3n) is 0.412. The molecule has 0 aromatic rings. The highest BCUT2D eigenvalue weighted by atomic mass is 16.5. The van der Waals surface area contributed by atoms with E-state index in [1.807, 2.05) is 0 Å². The first kappa shape index (κ1) is 6.75. The summed E-state index contributed by atoms with van der Waals surface area (Å²) < 4.78 is 4.15. The molecular formula is C5H6O3. The molecule has 1 N–H and O–H groups in total. The Labute approximate surface area is 46.9 Å². The largest absolute Gasteiger partial charge is 0.512 e. The number of aliphatic hydroxyl groups is 1. The Kier molecular flexibility index (Phi) is 3.31. The van der Waals surface area contributed by atoms with Crippen LogP contribution in [0.25, 0.3) is 0 Å². The van der Waals surface area contributed by atoms with Crippen LogP contribution in [-0.2, 0) is 9.53 Å². The summed E-state index contributed by atoms with van der Waals surface area (Å²) in [5.41, 5.74) is 0. The van der Waals surface area contributed by atoms with Crippen LogP contribution in [-0.4, -0.2) is 11.1 Å². The third kappa shape index (κ3) is 2.96. The van der Waals surface area contributed by atoms with Gasteiger partial charge in [-0.3, -0.25) is 0 Å². The van der Waals surface area contributed by atoms with Gasteiger partial charge in [-0.1, -0.05) is 6.58 Å². The van der Waals surface area contributed by atoms with Crippen molar-refractivity contribution < 1.29 is 14.6 Å². The predicted octanol–water partition coefficient (Wildman–Crippen LogP) is 0.745. The van der Waals surface area contributed by atoms with Gasteiger partial charge >= 0.3 is 5.97 Å². The molecule has 0 heterocycles. The summed E-state index contributed by atoms with van der Waals surface area (Å²) in [5.74, 6) is -0.588. The number of aliphatic hydroxyl groups excluding tert-OH is 1. The van der Waals surface area contributed by atoms with Crippen LogP contribution in [0.1, 0.15) is 0 Å². The Balaban J connectivity index is 3.39. The second-order valence-corrected chi connectivity index (χ2v) is 0.926. The topological polar surface area (TPSA) is 46.5 Å². The predicted molar refractivity (Wildman–Crippen MR) is 28.1 cm³/mol. The van der Waals surface area contributed by atoms with Crippen LogP contribution in [0.2, 0.25) is 0 Å². The zero-order valence-electron chi connectivity index (χ0n) is 4.20. The van der Waals surface area contributed by atoms with Crippen molar-refractivity contribution in [3.63, 3.8) is 0 Å². The molecular weight excluding hydrogens is 108 g/mol. The van der Waals surface area contributed by atoms with Crippen LogP contribution in [0, 0.1) is 0 Å². The van der Waals surface area contributed by atoms with Crippen LogP contribution in [0.4, 0.5) is 0 Å². The average molecular weight is 114 g/mol. The Hall–Kier alpha value is -1.25. The summed E-state index contributed by atoms with van der Waals surface area (Å²) in [6.07, 6.45) is 2.49. The Morgan fingerprint density at radius 3 is 2.75 bits per heavy atom. The molecule has 0 unspecified atom stereocenters. The molecule has 0 bridgehead atoms. The van der Waals surface area contributed by atoms with Crippen LogP contribution in [0.15, 0.2) is 25.2 Å². The van der Waals surface area contributed by atoms with Crippen LogP contribution in [0.3, 0.4) is 0 Å². The van der Waals surface area contributed by atoms with E-state index in [2.05, 4.69) is 11.3 Å². The Bertz CT molecular complexity index is 115. The van der Waals surface area contributed by atoms with E-state index in [1.165, 1.54) is 0 Å². The molecule has 0 aromatic heterocycles. The van der Waals surface area contributed by atoms with Gasteiger partial charge in [0.05, 0.1) is 0 Å². The van der Waals surface area contributed by atoms with Crippen molar-refractivity contribution in [1.82, 2.24) is 0 Å². The van der Waals surface area contributed by atoms with Gasteiger partial charge in [-0.15, -0.1) is 0 Å². The van der Waals surface area contributed by atoms with E-state index in [0.29, 0.717) is 6.26 Å². The molecule has 0 rings (SSSR count). The quantitative estimate of drug-likeness (QED) is 0.327. The van der Waals surface area contributed by atoms with E-state index >= 15 is 0 Å². The fourth-order valence-electron chi connectivity index (χ4n) is 0.146. The van der Waals surface area contributed by atoms with E-state index in [4.69, 9.17) is 5.11 Å². The highest BCUT2D eigenvalue weighted by Crippen LogP contribution is 1.77. The maximum absolute atomic E-state index is 10.1. The van der Waals surface area contributed by atoms with Crippen molar-refractivity contribution in [3.05, 3.63) is 25.2 Å². The van der Waals surface area contributed by atoms with Crippen LogP contribution in [0.5, 0.6) is 0 Å². The maximum atomic E-state index is 10.1. The molecule has 3 nitrogen and oxygen atoms in total. The molecule has 44 valence electrons. The van der Waals surface area contributed by atoms with Crippen molar-refractivity contribution in [1.29, 1.82) is 0 Å². The minimum atomic E-state index is -0.588. The molecule has 0 aliphatic carbocycles. The Morgan fingerprint density at radius 1 is 1.75 bits per heavy atom. The lowest BCUT2D eigenvalue weighted by Crippen LogP contribution is -1.91. The van der Waals surface area contributed by atoms with E-state index in [-0.39, 0.29) is 0 Å². The summed E-state index contributed by atoms with van der Waals surface area (Å²) >= 11 is 0. The van der Waals surface area contributed by atoms with Crippen molar-refractivity contribution in [2.45, 2.75) is 0 Å². The summed E-state index contributed by atoms with van der Waals surface area (Å²) in [4.78, 5) is 10.1. The number of ether oxygens (including phenoxy) is 1. The first-order valence-electron chi connectivity index (χ1n) is 1.93. The fraction of sp³-hybridized carbons (Fsp3) is 0. The lowest BCUT2D eigenvalue weighted by molar-refractivity contribution is -0.132. The minimum absolute atomic E-state index is 0.588. The molecule has 0 aliphatic rings. The van der Waals surface area contributed by atoms with Gasteiger partial charge in [-0.05, 0) is 0 Å². The van der Waals surface area contributed by atoms with Gasteiger partial charge in [0.15, 0.2) is 0 Å². The van der Waals surface area contributed by atoms with Crippen LogP contribution < -0.4 is 0 Å². The summed E-state index contributed by atoms with van der Waals surface area (Å²) in [6.45, 7) is 3.12. The first-order chi connectivity index (χ1) is 3.81. The number of carbonyl (C=O) groups is 1. The van der Waals surface area contributed by atoms with Crippen molar-refractivity contribution in [2.75, 3.05) is 0 Å². The molecule has 3 heteroatoms. The number of rotatable bonds is 2. The summed E-state index contributed by atoms with van der Waals surface area (Å²) in [6, 6.07) is 0. The first-order valence-corrected chi connectivity index (χ1v) is 1.93. The smallest absolute Gasteiger partial charge is 0.335 e. The number of hydrogen-bond donors (Lipinski definition) is 1. The van der Waals surface area contributed by atoms with Gasteiger partial charge in [0.2, 0.25) is 0 Å². The number of hydrogen-bond acceptors (Lipinski definition) is 3. The van der Waals surface area contributed by atoms with E-state index in [9.17, 15) is 4.79 Å². The maximum Gasteiger partial charge on any atom is 0.335 e. The van der Waals surface area contributed by atoms with Crippen molar-refractivity contribution >= 4 is 5.97 Å². The minimum Gasteiger partial charge on any atom is -0.512 e. The molecule has 8 heavy (non-hydrogen) atoms. The molecule has 0 atom stereocenters. The molecule has 0 radical (unpaired) electrons. The highest BCUT2D eigenvalue weighted by Gasteiger charge is 1.86. The zero-order valence-corrected chi connectivity index (χ0v) is 4.20. The fourth-order valence-corrected chi connectivity index (χ4v) is 0.146. The second kappa shape index (κ2) is 3.92. The van der Waals surface area contributed by atoms with Gasteiger partial charge in [-0.25, -0.2) is 4.79 Å². The second-order valence-electron chi connectivity index (χ2n) is 0.926. The lowest BCUT2D eigenvalue weighted by Gasteiger charge is -1.86. The molecule has 0 aliphatic heterocycles. The molecule has 0 spiro atoms. The normalized spacial score (nSPS) is 9.00. The van der Waals surface area contributed by atoms with Gasteiger partial charge in [-0.2, -0.15) is 0 Å². The van der Waals surface area contributed by atoms with E-state index in [1.54, 1.807) is 0 Å². The SMILES string of the molecule is C=CC(=O)OC=CO. The Morgan fingerprint density at radius 2 is 2.38 bits per heavy atom. The zero-order chi connectivity index (χ0) is 6.41. The molecule has 0 aromatic carbocycles. The van der Waals surface area contributed by atoms with Gasteiger partial charge in [0.1, 0.15) is 12.5 Å². The highest BCUT2D eigenvalue weighted by molar-refractivity contribution is 5.81. The summed E-state index contributed by atoms with van der Waals surface area (Å²) in [7, 11) is 0. The van der Waals surface area contributed by atoms with E-state index < -0.39 is 5.97 Å². The third-order valence-corrected chi connectivity index (χ3v) is 0.412. The average Bonchev–Trinajstić information content (AvgIpc) is 1.83. The van der Waals surface area contributed by atoms with E-state index in [0.717, 1.165) is 12.3 Å². The number of carbonyl (C=O) groups excluding carboxylic acids is 1. The summed E-state index contributed by atoms with van der Waals surface area (Å²) in [5, 5.41) is 7.92. The van der Waals surface area contributed by atoms with Crippen molar-refractivity contribution in [2.24, 2.45) is 0 Å². The van der Waals surface area contributed by atoms with Crippen LogP contribution >= 0.6 is 0 Å².